The molecule has 0 unspecified atom stereocenters. The maximum absolute atomic E-state index is 13.8. The summed E-state index contributed by atoms with van der Waals surface area (Å²) >= 11 is 0. The van der Waals surface area contributed by atoms with Crippen molar-refractivity contribution in [2.45, 2.75) is 19.8 Å². The molecule has 108 valence electrons. The van der Waals surface area contributed by atoms with Crippen LogP contribution >= 0.6 is 0 Å². The SMILES string of the molecule is CC1CC(C(=O)N(C)c2ccccc2F)(/C(N)=N/O)C1. The van der Waals surface area contributed by atoms with Crippen molar-refractivity contribution < 1.29 is 14.4 Å². The second kappa shape index (κ2) is 5.11. The van der Waals surface area contributed by atoms with E-state index < -0.39 is 11.2 Å². The van der Waals surface area contributed by atoms with Crippen LogP contribution in [0.25, 0.3) is 0 Å². The summed E-state index contributed by atoms with van der Waals surface area (Å²) in [5.74, 6) is -0.626. The lowest BCUT2D eigenvalue weighted by Gasteiger charge is -2.45. The number of nitrogens with zero attached hydrogens (tertiary/aromatic N) is 2. The van der Waals surface area contributed by atoms with Crippen LogP contribution in [-0.4, -0.2) is 24.0 Å². The molecular weight excluding hydrogens is 261 g/mol. The summed E-state index contributed by atoms with van der Waals surface area (Å²) in [6, 6.07) is 6.03. The number of hydrogen-bond donors (Lipinski definition) is 2. The van der Waals surface area contributed by atoms with E-state index in [1.54, 1.807) is 12.1 Å². The third kappa shape index (κ3) is 2.11. The number of halogens is 1. The van der Waals surface area contributed by atoms with Gasteiger partial charge >= 0.3 is 0 Å². The van der Waals surface area contributed by atoms with Gasteiger partial charge in [0.1, 0.15) is 11.2 Å². The summed E-state index contributed by atoms with van der Waals surface area (Å²) in [7, 11) is 1.50. The maximum Gasteiger partial charge on any atom is 0.240 e. The molecular formula is C14H18FN3O2. The number of nitrogens with two attached hydrogens (primary N) is 1. The zero-order valence-corrected chi connectivity index (χ0v) is 11.5. The quantitative estimate of drug-likeness (QED) is 0.384. The molecule has 1 aromatic rings. The fraction of sp³-hybridized carbons (Fsp3) is 0.429. The highest BCUT2D eigenvalue weighted by atomic mass is 19.1. The highest BCUT2D eigenvalue weighted by molar-refractivity contribution is 6.13. The molecule has 2 rings (SSSR count). The molecule has 1 saturated carbocycles. The number of amidine groups is 1. The predicted molar refractivity (Wildman–Crippen MR) is 74.0 cm³/mol. The van der Waals surface area contributed by atoms with Crippen LogP contribution in [0.5, 0.6) is 0 Å². The summed E-state index contributed by atoms with van der Waals surface area (Å²) in [6.45, 7) is 1.99. The van der Waals surface area contributed by atoms with Crippen molar-refractivity contribution in [3.63, 3.8) is 0 Å². The highest BCUT2D eigenvalue weighted by Gasteiger charge is 2.53. The first-order chi connectivity index (χ1) is 9.42. The first-order valence-corrected chi connectivity index (χ1v) is 6.43. The molecule has 1 amide bonds. The minimum atomic E-state index is -1.02. The topological polar surface area (TPSA) is 78.9 Å². The van der Waals surface area contributed by atoms with Crippen molar-refractivity contribution in [2.75, 3.05) is 11.9 Å². The number of para-hydroxylation sites is 1. The minimum absolute atomic E-state index is 0.108. The van der Waals surface area contributed by atoms with Crippen LogP contribution in [0, 0.1) is 17.2 Å². The molecule has 1 fully saturated rings. The van der Waals surface area contributed by atoms with Gasteiger partial charge in [0, 0.05) is 7.05 Å². The molecule has 5 nitrogen and oxygen atoms in total. The summed E-state index contributed by atoms with van der Waals surface area (Å²) in [6.07, 6.45) is 1.00. The van der Waals surface area contributed by atoms with E-state index >= 15 is 0 Å². The number of amides is 1. The van der Waals surface area contributed by atoms with Crippen LogP contribution < -0.4 is 10.6 Å². The molecule has 0 saturated heterocycles. The van der Waals surface area contributed by atoms with Gasteiger partial charge in [-0.15, -0.1) is 0 Å². The summed E-state index contributed by atoms with van der Waals surface area (Å²) in [4.78, 5) is 13.9. The zero-order chi connectivity index (χ0) is 14.9. The van der Waals surface area contributed by atoms with Gasteiger partial charge in [0.25, 0.3) is 0 Å². The van der Waals surface area contributed by atoms with Gasteiger partial charge in [0.2, 0.25) is 5.91 Å². The number of anilines is 1. The van der Waals surface area contributed by atoms with Gasteiger partial charge in [-0.3, -0.25) is 4.79 Å². The standard InChI is InChI=1S/C14H18FN3O2/c1-9-7-14(8-9,12(16)17-20)13(19)18(2)11-6-4-3-5-10(11)15/h3-6,9,20H,7-8H2,1-2H3,(H2,16,17). The second-order valence-corrected chi connectivity index (χ2v) is 5.40. The molecule has 0 aliphatic heterocycles. The number of hydrogen-bond acceptors (Lipinski definition) is 3. The molecule has 0 atom stereocenters. The van der Waals surface area contributed by atoms with E-state index in [0.29, 0.717) is 18.8 Å². The molecule has 1 aliphatic carbocycles. The molecule has 0 bridgehead atoms. The van der Waals surface area contributed by atoms with E-state index in [-0.39, 0.29) is 17.4 Å². The first-order valence-electron chi connectivity index (χ1n) is 6.43. The van der Waals surface area contributed by atoms with Crippen LogP contribution in [0.15, 0.2) is 29.4 Å². The van der Waals surface area contributed by atoms with E-state index in [1.165, 1.54) is 24.1 Å². The lowest BCUT2D eigenvalue weighted by atomic mass is 9.61. The van der Waals surface area contributed by atoms with Gasteiger partial charge in [-0.2, -0.15) is 0 Å². The number of rotatable bonds is 3. The van der Waals surface area contributed by atoms with E-state index in [2.05, 4.69) is 5.16 Å². The van der Waals surface area contributed by atoms with Crippen LogP contribution in [0.1, 0.15) is 19.8 Å². The molecule has 20 heavy (non-hydrogen) atoms. The molecule has 0 aromatic heterocycles. The predicted octanol–water partition coefficient (Wildman–Crippen LogP) is 1.95. The molecule has 6 heteroatoms. The normalized spacial score (nSPS) is 25.9. The van der Waals surface area contributed by atoms with Gasteiger partial charge < -0.3 is 15.8 Å². The van der Waals surface area contributed by atoms with Crippen molar-refractivity contribution in [3.05, 3.63) is 30.1 Å². The Morgan fingerprint density at radius 1 is 1.50 bits per heavy atom. The van der Waals surface area contributed by atoms with Crippen molar-refractivity contribution in [2.24, 2.45) is 22.2 Å². The van der Waals surface area contributed by atoms with E-state index in [4.69, 9.17) is 10.9 Å². The maximum atomic E-state index is 13.8. The van der Waals surface area contributed by atoms with Gasteiger partial charge in [0.15, 0.2) is 5.84 Å². The van der Waals surface area contributed by atoms with Gasteiger partial charge in [-0.05, 0) is 30.9 Å². The Kier molecular flexibility index (Phi) is 3.65. The zero-order valence-electron chi connectivity index (χ0n) is 11.5. The Hall–Kier alpha value is -2.11. The molecule has 0 spiro atoms. The highest BCUT2D eigenvalue weighted by Crippen LogP contribution is 2.47. The Morgan fingerprint density at radius 3 is 2.60 bits per heavy atom. The largest absolute Gasteiger partial charge is 0.409 e. The van der Waals surface area contributed by atoms with Gasteiger partial charge in [0.05, 0.1) is 5.69 Å². The van der Waals surface area contributed by atoms with Crippen LogP contribution in [0.2, 0.25) is 0 Å². The number of carbonyl (C=O) groups is 1. The Morgan fingerprint density at radius 2 is 2.10 bits per heavy atom. The smallest absolute Gasteiger partial charge is 0.240 e. The summed E-state index contributed by atoms with van der Waals surface area (Å²) in [5, 5.41) is 11.9. The molecule has 3 N–H and O–H groups in total. The minimum Gasteiger partial charge on any atom is -0.409 e. The first kappa shape index (κ1) is 14.3. The van der Waals surface area contributed by atoms with Crippen LogP contribution in [-0.2, 0) is 4.79 Å². The third-order valence-corrected chi connectivity index (χ3v) is 3.92. The molecule has 0 heterocycles. The summed E-state index contributed by atoms with van der Waals surface area (Å²) < 4.78 is 13.8. The monoisotopic (exact) mass is 279 g/mol. The molecule has 0 radical (unpaired) electrons. The Bertz CT molecular complexity index is 553. The number of benzene rings is 1. The number of carbonyl (C=O) groups excluding carboxylic acids is 1. The van der Waals surface area contributed by atoms with Crippen molar-refractivity contribution in [1.82, 2.24) is 0 Å². The Labute approximate surface area is 116 Å². The van der Waals surface area contributed by atoms with E-state index in [0.717, 1.165) is 0 Å². The fourth-order valence-electron chi connectivity index (χ4n) is 2.87. The lowest BCUT2D eigenvalue weighted by molar-refractivity contribution is -0.130. The van der Waals surface area contributed by atoms with E-state index in [9.17, 15) is 9.18 Å². The van der Waals surface area contributed by atoms with Crippen molar-refractivity contribution in [3.8, 4) is 0 Å². The average molecular weight is 279 g/mol. The second-order valence-electron chi connectivity index (χ2n) is 5.40. The van der Waals surface area contributed by atoms with Crippen molar-refractivity contribution in [1.29, 1.82) is 0 Å². The summed E-state index contributed by atoms with van der Waals surface area (Å²) in [5.41, 5.74) is 4.85. The average Bonchev–Trinajstić information content (AvgIpc) is 2.41. The fourth-order valence-corrected chi connectivity index (χ4v) is 2.87. The Balaban J connectivity index is 2.32. The van der Waals surface area contributed by atoms with Crippen LogP contribution in [0.3, 0.4) is 0 Å². The van der Waals surface area contributed by atoms with Gasteiger partial charge in [-0.25, -0.2) is 4.39 Å². The van der Waals surface area contributed by atoms with Crippen LogP contribution in [0.4, 0.5) is 10.1 Å². The van der Waals surface area contributed by atoms with Crippen molar-refractivity contribution >= 4 is 17.4 Å². The lowest BCUT2D eigenvalue weighted by Crippen LogP contribution is -2.57. The molecule has 1 aliphatic rings. The third-order valence-electron chi connectivity index (χ3n) is 3.92. The van der Waals surface area contributed by atoms with E-state index in [1.807, 2.05) is 6.92 Å². The molecule has 1 aromatic carbocycles. The van der Waals surface area contributed by atoms with Gasteiger partial charge in [-0.1, -0.05) is 24.2 Å². The number of oxime groups is 1.